The van der Waals surface area contributed by atoms with Crippen LogP contribution in [0.2, 0.25) is 5.02 Å². The number of aliphatic hydroxyl groups is 1. The zero-order valence-corrected chi connectivity index (χ0v) is 13.1. The molecule has 4 nitrogen and oxygen atoms in total. The van der Waals surface area contributed by atoms with E-state index in [2.05, 4.69) is 0 Å². The summed E-state index contributed by atoms with van der Waals surface area (Å²) in [6, 6.07) is 11.1. The average Bonchev–Trinajstić information content (AvgIpc) is 2.46. The highest BCUT2D eigenvalue weighted by Gasteiger charge is 2.15. The molecule has 21 heavy (non-hydrogen) atoms. The number of halogens is 1. The molecule has 2 rings (SSSR count). The summed E-state index contributed by atoms with van der Waals surface area (Å²) in [5, 5.41) is 10.8. The first kappa shape index (κ1) is 15.8. The van der Waals surface area contributed by atoms with Crippen molar-refractivity contribution in [3.05, 3.63) is 58.6 Å². The number of hydrogen-bond donors (Lipinski definition) is 1. The summed E-state index contributed by atoms with van der Waals surface area (Å²) >= 11 is 5.95. The van der Waals surface area contributed by atoms with Crippen molar-refractivity contribution in [2.45, 2.75) is 11.0 Å². The van der Waals surface area contributed by atoms with Gasteiger partial charge in [-0.15, -0.1) is 0 Å². The highest BCUT2D eigenvalue weighted by Crippen LogP contribution is 2.31. The molecular weight excluding hydrogens is 312 g/mol. The van der Waals surface area contributed by atoms with Crippen molar-refractivity contribution in [3.63, 3.8) is 0 Å². The maximum Gasteiger partial charge on any atom is 0.175 e. The van der Waals surface area contributed by atoms with Crippen LogP contribution < -0.4 is 4.74 Å². The van der Waals surface area contributed by atoms with Gasteiger partial charge in [0.05, 0.1) is 17.0 Å². The monoisotopic (exact) mass is 326 g/mol. The van der Waals surface area contributed by atoms with Crippen LogP contribution in [0.4, 0.5) is 0 Å². The molecule has 2 aromatic rings. The Balaban J connectivity index is 2.43. The molecule has 2 aromatic carbocycles. The van der Waals surface area contributed by atoms with E-state index in [0.29, 0.717) is 21.9 Å². The Bertz CT molecular complexity index is 756. The largest absolute Gasteiger partial charge is 0.495 e. The molecule has 6 heteroatoms. The van der Waals surface area contributed by atoms with Gasteiger partial charge in [0.25, 0.3) is 0 Å². The molecule has 0 aromatic heterocycles. The van der Waals surface area contributed by atoms with E-state index in [-0.39, 0.29) is 4.90 Å². The predicted octanol–water partition coefficient (Wildman–Crippen LogP) is 2.83. The van der Waals surface area contributed by atoms with Crippen molar-refractivity contribution in [2.24, 2.45) is 0 Å². The second-order valence-electron chi connectivity index (χ2n) is 4.64. The maximum atomic E-state index is 11.6. The lowest BCUT2D eigenvalue weighted by Crippen LogP contribution is -2.03. The summed E-state index contributed by atoms with van der Waals surface area (Å²) < 4.78 is 28.3. The van der Waals surface area contributed by atoms with E-state index in [1.807, 2.05) is 0 Å². The molecule has 1 N–H and O–H groups in total. The second-order valence-corrected chi connectivity index (χ2v) is 7.06. The average molecular weight is 327 g/mol. The molecule has 0 aliphatic heterocycles. The number of aliphatic hydroxyl groups excluding tert-OH is 1. The van der Waals surface area contributed by atoms with Gasteiger partial charge in [-0.2, -0.15) is 0 Å². The van der Waals surface area contributed by atoms with Gasteiger partial charge in [0.15, 0.2) is 9.84 Å². The molecule has 0 fully saturated rings. The third-order valence-corrected chi connectivity index (χ3v) is 4.52. The van der Waals surface area contributed by atoms with Crippen LogP contribution in [0.5, 0.6) is 5.75 Å². The van der Waals surface area contributed by atoms with E-state index in [1.54, 1.807) is 30.3 Å². The number of sulfone groups is 1. The van der Waals surface area contributed by atoms with E-state index < -0.39 is 15.9 Å². The van der Waals surface area contributed by atoms with Crippen LogP contribution in [-0.4, -0.2) is 26.9 Å². The van der Waals surface area contributed by atoms with E-state index in [9.17, 15) is 13.5 Å². The maximum absolute atomic E-state index is 11.6. The molecule has 1 atom stereocenters. The first-order valence-corrected chi connectivity index (χ1v) is 8.41. The highest BCUT2D eigenvalue weighted by atomic mass is 35.5. The lowest BCUT2D eigenvalue weighted by Gasteiger charge is -2.14. The van der Waals surface area contributed by atoms with Gasteiger partial charge in [-0.1, -0.05) is 29.8 Å². The van der Waals surface area contributed by atoms with Crippen LogP contribution in [0.1, 0.15) is 17.2 Å². The standard InChI is InChI=1S/C15H15ClO4S/c1-20-14-9-11(6-7-13(14)16)15(17)10-4-3-5-12(8-10)21(2,18)19/h3-9,15,17H,1-2H3. The Morgan fingerprint density at radius 2 is 1.81 bits per heavy atom. The van der Waals surface area contributed by atoms with E-state index in [1.165, 1.54) is 19.2 Å². The minimum Gasteiger partial charge on any atom is -0.495 e. The van der Waals surface area contributed by atoms with Gasteiger partial charge >= 0.3 is 0 Å². The number of hydrogen-bond acceptors (Lipinski definition) is 4. The zero-order valence-electron chi connectivity index (χ0n) is 11.6. The van der Waals surface area contributed by atoms with Crippen molar-refractivity contribution >= 4 is 21.4 Å². The van der Waals surface area contributed by atoms with Crippen molar-refractivity contribution in [1.82, 2.24) is 0 Å². The summed E-state index contributed by atoms with van der Waals surface area (Å²) in [5.41, 5.74) is 1.06. The molecule has 0 amide bonds. The third-order valence-electron chi connectivity index (χ3n) is 3.09. The summed E-state index contributed by atoms with van der Waals surface area (Å²) in [7, 11) is -1.83. The summed E-state index contributed by atoms with van der Waals surface area (Å²) in [5.74, 6) is 0.451. The molecule has 0 spiro atoms. The van der Waals surface area contributed by atoms with Crippen LogP contribution >= 0.6 is 11.6 Å². The number of benzene rings is 2. The first-order valence-electron chi connectivity index (χ1n) is 6.14. The van der Waals surface area contributed by atoms with Gasteiger partial charge in [-0.25, -0.2) is 8.42 Å². The summed E-state index contributed by atoms with van der Waals surface area (Å²) in [6.07, 6.45) is 0.168. The molecular formula is C15H15ClO4S. The van der Waals surface area contributed by atoms with Crippen molar-refractivity contribution in [1.29, 1.82) is 0 Å². The molecule has 0 bridgehead atoms. The number of ether oxygens (including phenoxy) is 1. The van der Waals surface area contributed by atoms with Gasteiger partial charge in [0, 0.05) is 6.26 Å². The van der Waals surface area contributed by atoms with E-state index >= 15 is 0 Å². The SMILES string of the molecule is COc1cc(C(O)c2cccc(S(C)(=O)=O)c2)ccc1Cl. The van der Waals surface area contributed by atoms with Gasteiger partial charge in [0.1, 0.15) is 11.9 Å². The second kappa shape index (κ2) is 6.05. The minimum atomic E-state index is -3.32. The smallest absolute Gasteiger partial charge is 0.175 e. The molecule has 0 aliphatic carbocycles. The zero-order chi connectivity index (χ0) is 15.6. The van der Waals surface area contributed by atoms with Gasteiger partial charge in [-0.05, 0) is 35.4 Å². The quantitative estimate of drug-likeness (QED) is 0.938. The van der Waals surface area contributed by atoms with Gasteiger partial charge in [0.2, 0.25) is 0 Å². The number of methoxy groups -OCH3 is 1. The van der Waals surface area contributed by atoms with Crippen LogP contribution in [0, 0.1) is 0 Å². The molecule has 0 saturated carbocycles. The Morgan fingerprint density at radius 1 is 1.14 bits per heavy atom. The molecule has 0 radical (unpaired) electrons. The third kappa shape index (κ3) is 3.56. The topological polar surface area (TPSA) is 63.6 Å². The van der Waals surface area contributed by atoms with Crippen LogP contribution in [-0.2, 0) is 9.84 Å². The van der Waals surface area contributed by atoms with Crippen molar-refractivity contribution in [3.8, 4) is 5.75 Å². The fraction of sp³-hybridized carbons (Fsp3) is 0.200. The molecule has 112 valence electrons. The normalized spacial score (nSPS) is 13.0. The van der Waals surface area contributed by atoms with Crippen LogP contribution in [0.15, 0.2) is 47.4 Å². The molecule has 1 unspecified atom stereocenters. The van der Waals surface area contributed by atoms with Crippen LogP contribution in [0.25, 0.3) is 0 Å². The lowest BCUT2D eigenvalue weighted by molar-refractivity contribution is 0.219. The minimum absolute atomic E-state index is 0.167. The van der Waals surface area contributed by atoms with Crippen molar-refractivity contribution in [2.75, 3.05) is 13.4 Å². The predicted molar refractivity (Wildman–Crippen MR) is 81.6 cm³/mol. The van der Waals surface area contributed by atoms with E-state index in [4.69, 9.17) is 16.3 Å². The highest BCUT2D eigenvalue weighted by molar-refractivity contribution is 7.90. The van der Waals surface area contributed by atoms with Gasteiger partial charge < -0.3 is 9.84 Å². The van der Waals surface area contributed by atoms with Crippen LogP contribution in [0.3, 0.4) is 0 Å². The summed E-state index contributed by atoms with van der Waals surface area (Å²) in [4.78, 5) is 0.167. The molecule has 0 saturated heterocycles. The number of rotatable bonds is 4. The Labute approximate surface area is 128 Å². The summed E-state index contributed by atoms with van der Waals surface area (Å²) in [6.45, 7) is 0. The fourth-order valence-corrected chi connectivity index (χ4v) is 2.82. The Kier molecular flexibility index (Phi) is 4.56. The first-order chi connectivity index (χ1) is 9.82. The Morgan fingerprint density at radius 3 is 2.43 bits per heavy atom. The lowest BCUT2D eigenvalue weighted by atomic mass is 10.0. The molecule has 0 heterocycles. The Hall–Kier alpha value is -1.56. The fourth-order valence-electron chi connectivity index (χ4n) is 1.95. The molecule has 0 aliphatic rings. The van der Waals surface area contributed by atoms with Gasteiger partial charge in [-0.3, -0.25) is 0 Å². The van der Waals surface area contributed by atoms with Crippen molar-refractivity contribution < 1.29 is 18.3 Å². The van der Waals surface area contributed by atoms with E-state index in [0.717, 1.165) is 6.26 Å².